The molecule has 4 aromatic rings. The first-order valence-electron chi connectivity index (χ1n) is 11.7. The van der Waals surface area contributed by atoms with Gasteiger partial charge in [-0.05, 0) is 72.3 Å². The van der Waals surface area contributed by atoms with Gasteiger partial charge in [-0.25, -0.2) is 4.68 Å². The Hall–Kier alpha value is -3.32. The van der Waals surface area contributed by atoms with Crippen molar-refractivity contribution in [1.29, 1.82) is 0 Å². The molecule has 1 aliphatic heterocycles. The van der Waals surface area contributed by atoms with Gasteiger partial charge in [0, 0.05) is 17.5 Å². The number of likely N-dealkylation sites (tertiary alicyclic amines) is 1. The number of hydrogen-bond acceptors (Lipinski definition) is 5. The van der Waals surface area contributed by atoms with Gasteiger partial charge in [-0.2, -0.15) is 0 Å². The van der Waals surface area contributed by atoms with E-state index >= 15 is 0 Å². The highest BCUT2D eigenvalue weighted by atomic mass is 16.1. The number of pyridine rings is 1. The molecular weight excluding hydrogens is 412 g/mol. The molecule has 7 nitrogen and oxygen atoms in total. The smallest absolute Gasteiger partial charge is 0.253 e. The molecule has 1 saturated heterocycles. The summed E-state index contributed by atoms with van der Waals surface area (Å²) < 4.78 is 1.84. The normalized spacial score (nSPS) is 18.0. The Balaban J connectivity index is 1.66. The molecule has 0 unspecified atom stereocenters. The Bertz CT molecular complexity index is 1330. The van der Waals surface area contributed by atoms with E-state index in [-0.39, 0.29) is 11.6 Å². The minimum absolute atomic E-state index is 0.0753. The number of nitrogens with zero attached hydrogens (tertiary/aromatic N) is 5. The van der Waals surface area contributed by atoms with Crippen LogP contribution in [0.1, 0.15) is 53.9 Å². The van der Waals surface area contributed by atoms with Gasteiger partial charge in [-0.1, -0.05) is 49.4 Å². The van der Waals surface area contributed by atoms with E-state index in [2.05, 4.69) is 69.6 Å². The van der Waals surface area contributed by atoms with Crippen LogP contribution >= 0.6 is 0 Å². The van der Waals surface area contributed by atoms with Crippen LogP contribution in [0.4, 0.5) is 0 Å². The maximum atomic E-state index is 13.5. The maximum Gasteiger partial charge on any atom is 0.253 e. The van der Waals surface area contributed by atoms with Gasteiger partial charge in [0.25, 0.3) is 5.56 Å². The Kier molecular flexibility index (Phi) is 5.81. The lowest BCUT2D eigenvalue weighted by Crippen LogP contribution is -2.41. The van der Waals surface area contributed by atoms with Gasteiger partial charge < -0.3 is 4.98 Å². The van der Waals surface area contributed by atoms with Crippen LogP contribution in [0.2, 0.25) is 0 Å². The Morgan fingerprint density at radius 3 is 2.70 bits per heavy atom. The lowest BCUT2D eigenvalue weighted by Gasteiger charge is -2.36. The summed E-state index contributed by atoms with van der Waals surface area (Å²) in [7, 11) is 0. The van der Waals surface area contributed by atoms with E-state index in [4.69, 9.17) is 0 Å². The molecule has 1 fully saturated rings. The maximum absolute atomic E-state index is 13.5. The molecule has 0 aliphatic carbocycles. The van der Waals surface area contributed by atoms with Gasteiger partial charge in [-0.3, -0.25) is 9.69 Å². The van der Waals surface area contributed by atoms with E-state index in [1.807, 2.05) is 29.8 Å². The quantitative estimate of drug-likeness (QED) is 0.505. The van der Waals surface area contributed by atoms with Gasteiger partial charge in [-0.15, -0.1) is 5.10 Å². The molecule has 0 amide bonds. The summed E-state index contributed by atoms with van der Waals surface area (Å²) in [6, 6.07) is 16.1. The fourth-order valence-electron chi connectivity index (χ4n) is 5.03. The summed E-state index contributed by atoms with van der Waals surface area (Å²) in [4.78, 5) is 19.0. The van der Waals surface area contributed by atoms with Crippen molar-refractivity contribution >= 4 is 10.9 Å². The fraction of sp³-hybridized carbons (Fsp3) is 0.385. The second-order valence-electron chi connectivity index (χ2n) is 9.37. The molecule has 1 N–H and O–H groups in total. The average molecular weight is 443 g/mol. The van der Waals surface area contributed by atoms with Crippen LogP contribution < -0.4 is 5.56 Å². The molecule has 7 heteroatoms. The summed E-state index contributed by atoms with van der Waals surface area (Å²) >= 11 is 0. The predicted octanol–water partition coefficient (Wildman–Crippen LogP) is 4.00. The first-order chi connectivity index (χ1) is 16.0. The van der Waals surface area contributed by atoms with Crippen molar-refractivity contribution in [2.45, 2.75) is 46.2 Å². The Labute approximate surface area is 193 Å². The van der Waals surface area contributed by atoms with Crippen LogP contribution in [0.25, 0.3) is 10.9 Å². The van der Waals surface area contributed by atoms with Crippen molar-refractivity contribution in [1.82, 2.24) is 30.1 Å². The zero-order chi connectivity index (χ0) is 22.9. The van der Waals surface area contributed by atoms with Crippen molar-refractivity contribution < 1.29 is 0 Å². The van der Waals surface area contributed by atoms with E-state index in [0.29, 0.717) is 23.9 Å². The van der Waals surface area contributed by atoms with E-state index < -0.39 is 0 Å². The largest absolute Gasteiger partial charge is 0.321 e. The zero-order valence-corrected chi connectivity index (χ0v) is 19.5. The minimum Gasteiger partial charge on any atom is -0.321 e. The number of fused-ring (bicyclic) bond motifs is 1. The van der Waals surface area contributed by atoms with E-state index in [9.17, 15) is 4.79 Å². The Morgan fingerprint density at radius 2 is 1.91 bits per heavy atom. The third kappa shape index (κ3) is 4.20. The van der Waals surface area contributed by atoms with Gasteiger partial charge >= 0.3 is 0 Å². The van der Waals surface area contributed by atoms with Crippen LogP contribution in [0, 0.1) is 19.8 Å². The number of aryl methyl sites for hydroxylation is 2. The number of rotatable bonds is 5. The summed E-state index contributed by atoms with van der Waals surface area (Å²) in [5.41, 5.74) is 4.86. The van der Waals surface area contributed by atoms with Gasteiger partial charge in [0.15, 0.2) is 5.82 Å². The van der Waals surface area contributed by atoms with E-state index in [1.165, 1.54) is 6.42 Å². The van der Waals surface area contributed by atoms with Gasteiger partial charge in [0.1, 0.15) is 6.04 Å². The van der Waals surface area contributed by atoms with Crippen molar-refractivity contribution in [3.63, 3.8) is 0 Å². The molecule has 0 bridgehead atoms. The number of nitrogens with one attached hydrogen (secondary N) is 1. The molecule has 2 atom stereocenters. The summed E-state index contributed by atoms with van der Waals surface area (Å²) in [6.07, 6.45) is 2.30. The highest BCUT2D eigenvalue weighted by Gasteiger charge is 2.33. The number of benzene rings is 2. The number of tetrazole rings is 1. The van der Waals surface area contributed by atoms with Crippen molar-refractivity contribution in [2.75, 3.05) is 13.1 Å². The number of piperidine rings is 1. The molecule has 2 aromatic carbocycles. The lowest BCUT2D eigenvalue weighted by atomic mass is 9.95. The number of H-pyrrole nitrogens is 1. The topological polar surface area (TPSA) is 79.7 Å². The molecule has 170 valence electrons. The van der Waals surface area contributed by atoms with Crippen LogP contribution in [-0.2, 0) is 6.54 Å². The molecule has 3 heterocycles. The first-order valence-corrected chi connectivity index (χ1v) is 11.7. The zero-order valence-electron chi connectivity index (χ0n) is 19.5. The monoisotopic (exact) mass is 442 g/mol. The third-order valence-corrected chi connectivity index (χ3v) is 6.80. The van der Waals surface area contributed by atoms with Crippen molar-refractivity contribution in [3.05, 3.63) is 87.0 Å². The van der Waals surface area contributed by atoms with Crippen molar-refractivity contribution in [3.8, 4) is 0 Å². The van der Waals surface area contributed by atoms with Crippen molar-refractivity contribution in [2.24, 2.45) is 5.92 Å². The molecule has 5 rings (SSSR count). The van der Waals surface area contributed by atoms with E-state index in [1.54, 1.807) is 0 Å². The number of hydrogen-bond donors (Lipinski definition) is 1. The van der Waals surface area contributed by atoms with Crippen LogP contribution in [0.3, 0.4) is 0 Å². The number of aromatic nitrogens is 5. The standard InChI is InChI=1S/C26H30N6O/c1-17-8-7-13-31(15-17)24(25-28-29-30-32(25)16-20-9-5-4-6-10-20)22-14-21-18(2)11-12-19(3)23(21)27-26(22)33/h4-6,9-12,14,17,24H,7-8,13,15-16H2,1-3H3,(H,27,33)/t17-,24+/m1/s1. The summed E-state index contributed by atoms with van der Waals surface area (Å²) in [6.45, 7) is 8.77. The van der Waals surface area contributed by atoms with Gasteiger partial charge in [0.05, 0.1) is 12.1 Å². The average Bonchev–Trinajstić information content (AvgIpc) is 3.26. The van der Waals surface area contributed by atoms with Gasteiger partial charge in [0.2, 0.25) is 0 Å². The molecule has 0 radical (unpaired) electrons. The van der Waals surface area contributed by atoms with Crippen LogP contribution in [0.5, 0.6) is 0 Å². The molecule has 2 aromatic heterocycles. The second-order valence-corrected chi connectivity index (χ2v) is 9.37. The molecule has 1 aliphatic rings. The first kappa shape index (κ1) is 21.5. The predicted molar refractivity (Wildman–Crippen MR) is 129 cm³/mol. The molecule has 0 saturated carbocycles. The molecule has 0 spiro atoms. The molecular formula is C26H30N6O. The Morgan fingerprint density at radius 1 is 1.12 bits per heavy atom. The summed E-state index contributed by atoms with van der Waals surface area (Å²) in [5, 5.41) is 13.9. The SMILES string of the molecule is Cc1ccc(C)c2[nH]c(=O)c([C@@H](c3nnnn3Cc3ccccc3)N3CCC[C@@H](C)C3)cc12. The summed E-state index contributed by atoms with van der Waals surface area (Å²) in [5.74, 6) is 1.27. The molecule has 33 heavy (non-hydrogen) atoms. The minimum atomic E-state index is -0.306. The number of aromatic amines is 1. The fourth-order valence-corrected chi connectivity index (χ4v) is 5.03. The van der Waals surface area contributed by atoms with Crippen LogP contribution in [0.15, 0.2) is 53.3 Å². The van der Waals surface area contributed by atoms with E-state index in [0.717, 1.165) is 47.1 Å². The third-order valence-electron chi connectivity index (χ3n) is 6.80. The second kappa shape index (κ2) is 8.90. The van der Waals surface area contributed by atoms with Crippen LogP contribution in [-0.4, -0.2) is 43.2 Å². The highest BCUT2D eigenvalue weighted by Crippen LogP contribution is 2.32. The lowest BCUT2D eigenvalue weighted by molar-refractivity contribution is 0.141. The highest BCUT2D eigenvalue weighted by molar-refractivity contribution is 5.85.